The van der Waals surface area contributed by atoms with Crippen LogP contribution in [0.1, 0.15) is 27.8 Å². The maximum atomic E-state index is 10.0. The van der Waals surface area contributed by atoms with E-state index >= 15 is 0 Å². The lowest BCUT2D eigenvalue weighted by Crippen LogP contribution is -1.97. The molecule has 0 unspecified atom stereocenters. The van der Waals surface area contributed by atoms with Crippen LogP contribution >= 0.6 is 0 Å². The van der Waals surface area contributed by atoms with E-state index in [0.717, 1.165) is 166 Å². The fourth-order valence-corrected chi connectivity index (χ4v) is 22.1. The summed E-state index contributed by atoms with van der Waals surface area (Å²) in [6.07, 6.45) is 0. The van der Waals surface area contributed by atoms with Crippen molar-refractivity contribution in [2.45, 2.75) is 0 Å². The number of hydrogen-bond donors (Lipinski definition) is 0. The molecule has 0 aliphatic heterocycles. The summed E-state index contributed by atoms with van der Waals surface area (Å²) in [5, 5.41) is 62.9. The molecule has 6 heterocycles. The monoisotopic (exact) mass is 1810 g/mol. The number of rotatable bonds is 12. The molecule has 142 heavy (non-hydrogen) atoms. The smallest absolute Gasteiger partial charge is 0.101 e. The zero-order valence-corrected chi connectivity index (χ0v) is 76.5. The Bertz CT molecular complexity index is 10100. The molecule has 0 aliphatic carbocycles. The van der Waals surface area contributed by atoms with Crippen molar-refractivity contribution >= 4 is 131 Å². The highest BCUT2D eigenvalue weighted by molar-refractivity contribution is 6.24. The predicted molar refractivity (Wildman–Crippen MR) is 582 cm³/mol. The number of aromatic nitrogens is 6. The van der Waals surface area contributed by atoms with Crippen LogP contribution in [0.25, 0.3) is 232 Å². The van der Waals surface area contributed by atoms with Crippen molar-refractivity contribution < 1.29 is 0 Å². The van der Waals surface area contributed by atoms with Gasteiger partial charge < -0.3 is 27.4 Å². The summed E-state index contributed by atoms with van der Waals surface area (Å²) in [6.45, 7) is 0. The second kappa shape index (κ2) is 35.0. The largest absolute Gasteiger partial charge is 0.309 e. The van der Waals surface area contributed by atoms with Gasteiger partial charge in [-0.05, 0) is 208 Å². The van der Waals surface area contributed by atoms with Crippen molar-refractivity contribution in [3.05, 3.63) is 507 Å². The highest BCUT2D eigenvalue weighted by Gasteiger charge is 2.28. The number of para-hydroxylation sites is 12. The van der Waals surface area contributed by atoms with Crippen LogP contribution in [0.2, 0.25) is 0 Å². The normalized spacial score (nSPS) is 11.3. The SMILES string of the molecule is N#Cc1ccc(-n2c3ccccc3c3c(-c4ccccc4-c4cccc5c6ccccc6n(-c6ccccc6)c45)cccc32)cc1.N#Cc1ccc(-n2c3ccccc3c3cccc(-c4ccccc4-c4cccc5c4c4ccccc4n5-c4ccccc4C#N)c32)cc1.N#Cc1cccc(-n2c3ccccc3c3cccc(-c4ccccc4-c4cccc5c4c4ccccc4n5-c4ccccc4C#N)c32)c1. The highest BCUT2D eigenvalue weighted by atomic mass is 15.0. The average molecular weight is 1810 g/mol. The van der Waals surface area contributed by atoms with E-state index in [1.165, 1.54) is 65.6 Å². The number of hydrogen-bond acceptors (Lipinski definition) is 5. The molecule has 0 bridgehead atoms. The van der Waals surface area contributed by atoms with Crippen molar-refractivity contribution in [1.29, 1.82) is 26.3 Å². The fraction of sp³-hybridized carbons (Fsp3) is 0. The lowest BCUT2D eigenvalue weighted by molar-refractivity contribution is 1.17. The molecule has 0 atom stereocenters. The number of nitriles is 5. The molecule has 11 nitrogen and oxygen atoms in total. The molecule has 0 fully saturated rings. The molecule has 0 spiro atoms. The molecule has 0 amide bonds. The van der Waals surface area contributed by atoms with Gasteiger partial charge in [0, 0.05) is 104 Å². The van der Waals surface area contributed by atoms with Crippen molar-refractivity contribution in [2.24, 2.45) is 0 Å². The topological polar surface area (TPSA) is 149 Å². The van der Waals surface area contributed by atoms with Crippen LogP contribution in [-0.4, -0.2) is 27.4 Å². The lowest BCUT2D eigenvalue weighted by Gasteiger charge is -2.16. The summed E-state index contributed by atoms with van der Waals surface area (Å²) in [6, 6.07) is 178. The predicted octanol–water partition coefficient (Wildman–Crippen LogP) is 33.0. The van der Waals surface area contributed by atoms with Crippen LogP contribution in [0.4, 0.5) is 0 Å². The first-order valence-corrected chi connectivity index (χ1v) is 47.3. The quantitative estimate of drug-likeness (QED) is 0.119. The van der Waals surface area contributed by atoms with Gasteiger partial charge in [-0.1, -0.05) is 322 Å². The average Bonchev–Trinajstić information content (AvgIpc) is 1.57. The van der Waals surface area contributed by atoms with Crippen molar-refractivity contribution in [3.8, 4) is 131 Å². The van der Waals surface area contributed by atoms with E-state index < -0.39 is 0 Å². The van der Waals surface area contributed by atoms with Gasteiger partial charge in [-0.25, -0.2) is 0 Å². The first kappa shape index (κ1) is 83.7. The van der Waals surface area contributed by atoms with E-state index in [-0.39, 0.29) is 0 Å². The second-order valence-corrected chi connectivity index (χ2v) is 35.5. The maximum absolute atomic E-state index is 10.0. The molecule has 6 aromatic heterocycles. The third kappa shape index (κ3) is 13.6. The Morgan fingerprint density at radius 3 is 0.746 bits per heavy atom. The second-order valence-electron chi connectivity index (χ2n) is 35.5. The summed E-state index contributed by atoms with van der Waals surface area (Å²) in [5.74, 6) is 0. The maximum Gasteiger partial charge on any atom is 0.101 e. The first-order valence-electron chi connectivity index (χ1n) is 47.3. The van der Waals surface area contributed by atoms with E-state index in [1.807, 2.05) is 115 Å². The summed E-state index contributed by atoms with van der Waals surface area (Å²) >= 11 is 0. The Labute approximate surface area is 817 Å². The molecule has 27 aromatic rings. The van der Waals surface area contributed by atoms with Gasteiger partial charge in [0.1, 0.15) is 12.1 Å². The van der Waals surface area contributed by atoms with Crippen molar-refractivity contribution in [1.82, 2.24) is 27.4 Å². The van der Waals surface area contributed by atoms with E-state index in [9.17, 15) is 26.3 Å². The van der Waals surface area contributed by atoms with Gasteiger partial charge in [0.2, 0.25) is 0 Å². The van der Waals surface area contributed by atoms with Gasteiger partial charge in [-0.3, -0.25) is 0 Å². The zero-order valence-electron chi connectivity index (χ0n) is 76.5. The first-order chi connectivity index (χ1) is 70.3. The Kier molecular flexibility index (Phi) is 20.6. The molecule has 0 aliphatic rings. The molecule has 0 saturated heterocycles. The van der Waals surface area contributed by atoms with Crippen LogP contribution in [-0.2, 0) is 0 Å². The lowest BCUT2D eigenvalue weighted by atomic mass is 9.91. The number of benzene rings is 21. The van der Waals surface area contributed by atoms with Gasteiger partial charge in [-0.15, -0.1) is 0 Å². The molecule has 21 aromatic carbocycles. The van der Waals surface area contributed by atoms with E-state index in [0.29, 0.717) is 27.8 Å². The Morgan fingerprint density at radius 1 is 0.141 bits per heavy atom. The van der Waals surface area contributed by atoms with Crippen LogP contribution in [0, 0.1) is 56.7 Å². The highest BCUT2D eigenvalue weighted by Crippen LogP contribution is 2.51. The molecular weight excluding hydrogens is 1730 g/mol. The number of fused-ring (bicyclic) bond motifs is 18. The molecule has 27 rings (SSSR count). The molecular formula is C131H79N11. The van der Waals surface area contributed by atoms with Gasteiger partial charge in [0.25, 0.3) is 0 Å². The van der Waals surface area contributed by atoms with Crippen LogP contribution in [0.5, 0.6) is 0 Å². The third-order valence-electron chi connectivity index (χ3n) is 28.0. The van der Waals surface area contributed by atoms with E-state index in [4.69, 9.17) is 0 Å². The minimum absolute atomic E-state index is 0.623. The van der Waals surface area contributed by atoms with Gasteiger partial charge >= 0.3 is 0 Å². The molecule has 0 saturated carbocycles. The Hall–Kier alpha value is -20.1. The summed E-state index contributed by atoms with van der Waals surface area (Å²) in [7, 11) is 0. The Morgan fingerprint density at radius 2 is 0.380 bits per heavy atom. The van der Waals surface area contributed by atoms with Crippen molar-refractivity contribution in [2.75, 3.05) is 0 Å². The summed E-state index contributed by atoms with van der Waals surface area (Å²) < 4.78 is 13.8. The number of nitrogens with zero attached hydrogens (tertiary/aromatic N) is 11. The van der Waals surface area contributed by atoms with Gasteiger partial charge in [0.05, 0.1) is 124 Å². The molecule has 0 N–H and O–H groups in total. The standard InChI is InChI=1S/2C44H26N4.C43H27N3/c45-27-29-12-9-14-31(26-29)47-40-23-7-4-17-34(40)37-21-10-20-36(44(37)47)33-16-3-2-15-32(33)35-19-11-25-42-43(35)38-18-5-8-24-41(38)48(42)39-22-6-1-13-30(39)28-46;45-27-29-23-25-31(26-24-29)47-40-20-7-4-14-34(40)37-18-9-17-36(44(37)47)33-13-3-2-12-32(33)35-16-10-22-42-43(35)38-15-5-8-21-41(38)48(42)39-19-6-1-11-30(39)28-46;44-28-29-24-26-31(27-25-29)45-40-22-9-7-17-38(40)42-35(18-11-23-41(42)45)32-14-4-5-15-33(32)36-19-10-20-37-34-16-6-8-21-39(34)46(43(36)37)30-12-2-1-3-13-30/h2*1-26H;1-27H. The molecule has 0 radical (unpaired) electrons. The Balaban J connectivity index is 0.000000112. The van der Waals surface area contributed by atoms with Crippen molar-refractivity contribution in [3.63, 3.8) is 0 Å². The van der Waals surface area contributed by atoms with Gasteiger partial charge in [0.15, 0.2) is 0 Å². The summed E-state index contributed by atoms with van der Waals surface area (Å²) in [4.78, 5) is 0. The molecule has 658 valence electrons. The third-order valence-corrected chi connectivity index (χ3v) is 28.0. The van der Waals surface area contributed by atoms with E-state index in [1.54, 1.807) is 0 Å². The minimum Gasteiger partial charge on any atom is -0.309 e. The molecule has 11 heteroatoms. The van der Waals surface area contributed by atoms with Crippen LogP contribution in [0.15, 0.2) is 479 Å². The summed E-state index contributed by atoms with van der Waals surface area (Å²) in [5.41, 5.74) is 36.1. The van der Waals surface area contributed by atoms with Crippen LogP contribution in [0.3, 0.4) is 0 Å². The minimum atomic E-state index is 0.623. The van der Waals surface area contributed by atoms with Crippen LogP contribution < -0.4 is 0 Å². The van der Waals surface area contributed by atoms with E-state index in [2.05, 4.69) is 422 Å². The fourth-order valence-electron chi connectivity index (χ4n) is 22.1. The zero-order chi connectivity index (χ0) is 95.0. The van der Waals surface area contributed by atoms with Gasteiger partial charge in [-0.2, -0.15) is 26.3 Å².